The van der Waals surface area contributed by atoms with Gasteiger partial charge in [-0.15, -0.1) is 0 Å². The fourth-order valence-corrected chi connectivity index (χ4v) is 2.68. The molecule has 0 unspecified atom stereocenters. The van der Waals surface area contributed by atoms with E-state index in [9.17, 15) is 9.59 Å². The second-order valence-corrected chi connectivity index (χ2v) is 6.31. The maximum absolute atomic E-state index is 11.6. The van der Waals surface area contributed by atoms with E-state index in [0.29, 0.717) is 27.8 Å². The minimum atomic E-state index is -0.566. The van der Waals surface area contributed by atoms with Gasteiger partial charge in [-0.05, 0) is 55.7 Å². The van der Waals surface area contributed by atoms with Crippen LogP contribution in [0.4, 0.5) is 21.0 Å². The maximum Gasteiger partial charge on any atom is 0.411 e. The number of ether oxygens (including phenoxy) is 2. The van der Waals surface area contributed by atoms with Gasteiger partial charge in [-0.1, -0.05) is 35.3 Å². The lowest BCUT2D eigenvalue weighted by Gasteiger charge is -2.11. The van der Waals surface area contributed by atoms with Gasteiger partial charge in [-0.3, -0.25) is 10.6 Å². The largest absolute Gasteiger partial charge is 0.450 e. The molecule has 0 aliphatic carbocycles. The van der Waals surface area contributed by atoms with Gasteiger partial charge in [0.15, 0.2) is 0 Å². The van der Waals surface area contributed by atoms with E-state index in [-0.39, 0.29) is 13.2 Å². The van der Waals surface area contributed by atoms with Crippen LogP contribution in [0.3, 0.4) is 0 Å². The molecular weight excluding hydrogens is 391 g/mol. The molecule has 27 heavy (non-hydrogen) atoms. The van der Waals surface area contributed by atoms with Gasteiger partial charge >= 0.3 is 12.2 Å². The van der Waals surface area contributed by atoms with Crippen LogP contribution >= 0.6 is 23.2 Å². The lowest BCUT2D eigenvalue weighted by molar-refractivity contribution is 0.167. The van der Waals surface area contributed by atoms with Gasteiger partial charge in [0, 0.05) is 0 Å². The van der Waals surface area contributed by atoms with E-state index in [1.165, 1.54) is 0 Å². The Morgan fingerprint density at radius 1 is 0.815 bits per heavy atom. The summed E-state index contributed by atoms with van der Waals surface area (Å²) in [4.78, 5) is 23.2. The Kier molecular flexibility index (Phi) is 7.76. The van der Waals surface area contributed by atoms with Gasteiger partial charge in [-0.2, -0.15) is 0 Å². The smallest absolute Gasteiger partial charge is 0.411 e. The summed E-state index contributed by atoms with van der Waals surface area (Å²) in [6.07, 6.45) is -0.587. The summed E-state index contributed by atoms with van der Waals surface area (Å²) in [5.41, 5.74) is 2.75. The highest BCUT2D eigenvalue weighted by atomic mass is 35.5. The minimum Gasteiger partial charge on any atom is -0.450 e. The number of hydrogen-bond acceptors (Lipinski definition) is 4. The molecule has 0 saturated carbocycles. The number of rotatable bonds is 6. The third kappa shape index (κ3) is 6.34. The van der Waals surface area contributed by atoms with E-state index in [4.69, 9.17) is 32.7 Å². The summed E-state index contributed by atoms with van der Waals surface area (Å²) >= 11 is 12.3. The lowest BCUT2D eigenvalue weighted by atomic mass is 10.0. The Morgan fingerprint density at radius 2 is 1.22 bits per heavy atom. The number of anilines is 2. The van der Waals surface area contributed by atoms with Crippen LogP contribution in [0.25, 0.3) is 0 Å². The van der Waals surface area contributed by atoms with Crippen molar-refractivity contribution < 1.29 is 19.1 Å². The molecule has 2 rings (SSSR count). The van der Waals surface area contributed by atoms with E-state index in [1.54, 1.807) is 38.1 Å². The second kappa shape index (κ2) is 10.0. The van der Waals surface area contributed by atoms with Crippen LogP contribution in [-0.4, -0.2) is 25.4 Å². The van der Waals surface area contributed by atoms with Crippen molar-refractivity contribution in [1.29, 1.82) is 0 Å². The molecule has 0 heterocycles. The van der Waals surface area contributed by atoms with Crippen LogP contribution in [0.5, 0.6) is 0 Å². The van der Waals surface area contributed by atoms with Crippen molar-refractivity contribution in [3.05, 3.63) is 57.6 Å². The molecule has 2 amide bonds. The second-order valence-electron chi connectivity index (χ2n) is 5.50. The van der Waals surface area contributed by atoms with E-state index in [0.717, 1.165) is 11.1 Å². The molecule has 2 N–H and O–H groups in total. The normalized spacial score (nSPS) is 10.2. The summed E-state index contributed by atoms with van der Waals surface area (Å²) in [5, 5.41) is 6.04. The van der Waals surface area contributed by atoms with Crippen LogP contribution in [0.15, 0.2) is 36.4 Å². The van der Waals surface area contributed by atoms with Gasteiger partial charge in [0.2, 0.25) is 0 Å². The predicted octanol–water partition coefficient (Wildman–Crippen LogP) is 5.72. The van der Waals surface area contributed by atoms with E-state index in [2.05, 4.69) is 10.6 Å². The van der Waals surface area contributed by atoms with Crippen molar-refractivity contribution >= 4 is 46.8 Å². The molecule has 0 fully saturated rings. The Labute approximate surface area is 167 Å². The van der Waals surface area contributed by atoms with Crippen LogP contribution in [0.1, 0.15) is 25.0 Å². The zero-order valence-electron chi connectivity index (χ0n) is 15.0. The summed E-state index contributed by atoms with van der Waals surface area (Å²) in [5.74, 6) is 0. The Hall–Kier alpha value is -2.44. The molecule has 6 nitrogen and oxygen atoms in total. The van der Waals surface area contributed by atoms with Crippen molar-refractivity contribution in [3.63, 3.8) is 0 Å². The third-order valence-electron chi connectivity index (χ3n) is 3.49. The minimum absolute atomic E-state index is 0.268. The van der Waals surface area contributed by atoms with Crippen molar-refractivity contribution in [1.82, 2.24) is 0 Å². The summed E-state index contributed by atoms with van der Waals surface area (Å²) in [6, 6.07) is 10.6. The molecule has 2 aromatic carbocycles. The zero-order valence-corrected chi connectivity index (χ0v) is 16.5. The van der Waals surface area contributed by atoms with E-state index in [1.807, 2.05) is 12.1 Å². The summed E-state index contributed by atoms with van der Waals surface area (Å²) in [6.45, 7) is 3.98. The molecule has 0 aliphatic heterocycles. The number of halogens is 2. The lowest BCUT2D eigenvalue weighted by Crippen LogP contribution is -2.14. The molecule has 0 atom stereocenters. The highest BCUT2D eigenvalue weighted by Gasteiger charge is 2.10. The summed E-state index contributed by atoms with van der Waals surface area (Å²) in [7, 11) is 0. The first-order chi connectivity index (χ1) is 12.9. The number of carbonyl (C=O) groups excluding carboxylic acids is 2. The number of carbonyl (C=O) groups is 2. The first-order valence-electron chi connectivity index (χ1n) is 8.37. The highest BCUT2D eigenvalue weighted by Crippen LogP contribution is 2.27. The average Bonchev–Trinajstić information content (AvgIpc) is 2.61. The van der Waals surface area contributed by atoms with Crippen molar-refractivity contribution in [2.75, 3.05) is 23.8 Å². The number of benzene rings is 2. The number of amides is 2. The number of hydrogen-bond donors (Lipinski definition) is 2. The van der Waals surface area contributed by atoms with Crippen LogP contribution < -0.4 is 10.6 Å². The molecule has 0 radical (unpaired) electrons. The molecule has 0 aliphatic rings. The molecule has 144 valence electrons. The van der Waals surface area contributed by atoms with Crippen LogP contribution in [0.2, 0.25) is 10.0 Å². The molecule has 0 spiro atoms. The first kappa shape index (κ1) is 20.9. The van der Waals surface area contributed by atoms with Crippen molar-refractivity contribution in [2.24, 2.45) is 0 Å². The van der Waals surface area contributed by atoms with Crippen LogP contribution in [-0.2, 0) is 15.9 Å². The third-order valence-corrected chi connectivity index (χ3v) is 4.15. The zero-order chi connectivity index (χ0) is 19.8. The maximum atomic E-state index is 11.6. The Balaban J connectivity index is 2.16. The Morgan fingerprint density at radius 3 is 1.59 bits per heavy atom. The van der Waals surface area contributed by atoms with Gasteiger partial charge in [0.05, 0.1) is 34.6 Å². The van der Waals surface area contributed by atoms with E-state index < -0.39 is 12.2 Å². The molecule has 0 bridgehead atoms. The fourth-order valence-electron chi connectivity index (χ4n) is 2.35. The first-order valence-corrected chi connectivity index (χ1v) is 9.13. The van der Waals surface area contributed by atoms with Crippen molar-refractivity contribution in [2.45, 2.75) is 20.3 Å². The van der Waals surface area contributed by atoms with Gasteiger partial charge in [0.1, 0.15) is 0 Å². The molecule has 0 saturated heterocycles. The molecule has 2 aromatic rings. The fraction of sp³-hybridized carbons (Fsp3) is 0.263. The van der Waals surface area contributed by atoms with Gasteiger partial charge < -0.3 is 9.47 Å². The van der Waals surface area contributed by atoms with Gasteiger partial charge in [0.25, 0.3) is 0 Å². The highest BCUT2D eigenvalue weighted by molar-refractivity contribution is 6.34. The molecular formula is C19H20Cl2N2O4. The topological polar surface area (TPSA) is 76.7 Å². The standard InChI is InChI=1S/C19H20Cl2N2O4/c1-3-26-18(24)22-16-10-12(5-7-14(16)20)9-13-6-8-15(21)17(11-13)23-19(25)27-4-2/h5-8,10-11H,3-4,9H2,1-2H3,(H,22,24)(H,23,25). The molecule has 8 heteroatoms. The quantitative estimate of drug-likeness (QED) is 0.637. The number of nitrogens with one attached hydrogen (secondary N) is 2. The van der Waals surface area contributed by atoms with Crippen LogP contribution in [0, 0.1) is 0 Å². The Bertz CT molecular complexity index is 760. The molecule has 0 aromatic heterocycles. The average molecular weight is 411 g/mol. The van der Waals surface area contributed by atoms with Gasteiger partial charge in [-0.25, -0.2) is 9.59 Å². The monoisotopic (exact) mass is 410 g/mol. The van der Waals surface area contributed by atoms with E-state index >= 15 is 0 Å². The predicted molar refractivity (Wildman–Crippen MR) is 107 cm³/mol. The summed E-state index contributed by atoms with van der Waals surface area (Å²) < 4.78 is 9.74. The van der Waals surface area contributed by atoms with Crippen molar-refractivity contribution in [3.8, 4) is 0 Å². The SMILES string of the molecule is CCOC(=O)Nc1cc(Cc2ccc(Cl)c(NC(=O)OCC)c2)ccc1Cl.